The van der Waals surface area contributed by atoms with Crippen molar-refractivity contribution in [2.45, 2.75) is 13.0 Å². The fourth-order valence-corrected chi connectivity index (χ4v) is 2.37. The molecule has 0 amide bonds. The molecule has 1 saturated heterocycles. The van der Waals surface area contributed by atoms with E-state index in [2.05, 4.69) is 25.4 Å². The van der Waals surface area contributed by atoms with Gasteiger partial charge in [-0.15, -0.1) is 0 Å². The maximum Gasteiger partial charge on any atom is 0.193 e. The lowest BCUT2D eigenvalue weighted by atomic mass is 10.1. The average Bonchev–Trinajstić information content (AvgIpc) is 3.01. The van der Waals surface area contributed by atoms with Gasteiger partial charge in [0.25, 0.3) is 0 Å². The summed E-state index contributed by atoms with van der Waals surface area (Å²) in [4.78, 5) is 8.15. The molecule has 0 spiro atoms. The molecule has 1 unspecified atom stereocenters. The highest BCUT2D eigenvalue weighted by atomic mass is 16.5. The Kier molecular flexibility index (Phi) is 4.73. The summed E-state index contributed by atoms with van der Waals surface area (Å²) < 4.78 is 5.21. The molecule has 2 heterocycles. The summed E-state index contributed by atoms with van der Waals surface area (Å²) in [5.74, 6) is 1.52. The third-order valence-electron chi connectivity index (χ3n) is 3.27. The zero-order valence-corrected chi connectivity index (χ0v) is 11.8. The molecule has 1 fully saturated rings. The molecule has 2 rings (SSSR count). The standard InChI is InChI=1S/C12H22N6O/c1-13-12(14-6-11-7-15-17(2)16-11)18-5-4-10(8-18)9-19-3/h7,10H,4-6,8-9H2,1-3H3,(H,13,14). The molecular weight excluding hydrogens is 244 g/mol. The molecule has 0 radical (unpaired) electrons. The van der Waals surface area contributed by atoms with Crippen molar-refractivity contribution in [2.24, 2.45) is 18.0 Å². The first-order valence-electron chi connectivity index (χ1n) is 6.52. The minimum Gasteiger partial charge on any atom is -0.384 e. The van der Waals surface area contributed by atoms with Gasteiger partial charge in [0.2, 0.25) is 0 Å². The van der Waals surface area contributed by atoms with Crippen LogP contribution in [0.4, 0.5) is 0 Å². The van der Waals surface area contributed by atoms with Gasteiger partial charge in [0, 0.05) is 40.2 Å². The summed E-state index contributed by atoms with van der Waals surface area (Å²) in [5, 5.41) is 11.6. The predicted molar refractivity (Wildman–Crippen MR) is 72.8 cm³/mol. The van der Waals surface area contributed by atoms with E-state index in [0.717, 1.165) is 37.8 Å². The Hall–Kier alpha value is -1.63. The van der Waals surface area contributed by atoms with E-state index in [1.807, 2.05) is 14.1 Å². The van der Waals surface area contributed by atoms with Crippen LogP contribution < -0.4 is 5.32 Å². The quantitative estimate of drug-likeness (QED) is 0.607. The lowest BCUT2D eigenvalue weighted by Crippen LogP contribution is -2.39. The molecule has 0 aliphatic carbocycles. The van der Waals surface area contributed by atoms with E-state index in [9.17, 15) is 0 Å². The Balaban J connectivity index is 1.84. The Morgan fingerprint density at radius 2 is 2.47 bits per heavy atom. The van der Waals surface area contributed by atoms with Crippen LogP contribution in [0.25, 0.3) is 0 Å². The van der Waals surface area contributed by atoms with Gasteiger partial charge < -0.3 is 15.0 Å². The van der Waals surface area contributed by atoms with E-state index in [0.29, 0.717) is 12.5 Å². The van der Waals surface area contributed by atoms with Gasteiger partial charge in [0.15, 0.2) is 5.96 Å². The highest BCUT2D eigenvalue weighted by Gasteiger charge is 2.24. The van der Waals surface area contributed by atoms with Crippen molar-refractivity contribution in [1.29, 1.82) is 0 Å². The van der Waals surface area contributed by atoms with Gasteiger partial charge >= 0.3 is 0 Å². The number of hydrogen-bond donors (Lipinski definition) is 1. The van der Waals surface area contributed by atoms with Gasteiger partial charge in [-0.3, -0.25) is 4.99 Å². The van der Waals surface area contributed by atoms with Crippen LogP contribution in [0, 0.1) is 5.92 Å². The minimum atomic E-state index is 0.597. The molecule has 0 saturated carbocycles. The molecule has 1 aliphatic rings. The van der Waals surface area contributed by atoms with Gasteiger partial charge in [-0.05, 0) is 6.42 Å². The number of nitrogens with one attached hydrogen (secondary N) is 1. The summed E-state index contributed by atoms with van der Waals surface area (Å²) in [5.41, 5.74) is 0.913. The molecule has 0 bridgehead atoms. The Morgan fingerprint density at radius 3 is 3.11 bits per heavy atom. The second-order valence-corrected chi connectivity index (χ2v) is 4.78. The number of hydrogen-bond acceptors (Lipinski definition) is 4. The normalized spacial score (nSPS) is 20.1. The zero-order valence-electron chi connectivity index (χ0n) is 11.8. The van der Waals surface area contributed by atoms with Crippen LogP contribution in [-0.2, 0) is 18.3 Å². The number of nitrogens with zero attached hydrogens (tertiary/aromatic N) is 5. The molecule has 1 aliphatic heterocycles. The second kappa shape index (κ2) is 6.51. The molecule has 1 aromatic heterocycles. The number of rotatable bonds is 4. The molecule has 7 nitrogen and oxygen atoms in total. The van der Waals surface area contributed by atoms with E-state index in [4.69, 9.17) is 4.74 Å². The fraction of sp³-hybridized carbons (Fsp3) is 0.750. The fourth-order valence-electron chi connectivity index (χ4n) is 2.37. The van der Waals surface area contributed by atoms with Gasteiger partial charge in [-0.1, -0.05) is 0 Å². The largest absolute Gasteiger partial charge is 0.384 e. The minimum absolute atomic E-state index is 0.597. The first-order chi connectivity index (χ1) is 9.22. The summed E-state index contributed by atoms with van der Waals surface area (Å²) in [6.45, 7) is 3.48. The van der Waals surface area contributed by atoms with Crippen LogP contribution in [0.3, 0.4) is 0 Å². The van der Waals surface area contributed by atoms with Gasteiger partial charge in [-0.2, -0.15) is 15.0 Å². The highest BCUT2D eigenvalue weighted by molar-refractivity contribution is 5.80. The lowest BCUT2D eigenvalue weighted by Gasteiger charge is -2.21. The van der Waals surface area contributed by atoms with Gasteiger partial charge in [0.1, 0.15) is 5.69 Å². The Labute approximate surface area is 113 Å². The number of likely N-dealkylation sites (tertiary alicyclic amines) is 1. The molecule has 1 N–H and O–H groups in total. The van der Waals surface area contributed by atoms with Crippen molar-refractivity contribution in [3.05, 3.63) is 11.9 Å². The third-order valence-corrected chi connectivity index (χ3v) is 3.27. The molecule has 19 heavy (non-hydrogen) atoms. The SMILES string of the molecule is CN=C(NCc1cnn(C)n1)N1CCC(COC)C1. The maximum absolute atomic E-state index is 5.21. The molecular formula is C12H22N6O. The van der Waals surface area contributed by atoms with Crippen LogP contribution in [0.15, 0.2) is 11.2 Å². The Bertz CT molecular complexity index is 430. The summed E-state index contributed by atoms with van der Waals surface area (Å²) >= 11 is 0. The third kappa shape index (κ3) is 3.66. The first kappa shape index (κ1) is 13.8. The smallest absolute Gasteiger partial charge is 0.193 e. The summed E-state index contributed by atoms with van der Waals surface area (Å²) in [6.07, 6.45) is 2.91. The highest BCUT2D eigenvalue weighted by Crippen LogP contribution is 2.16. The number of guanidine groups is 1. The van der Waals surface area contributed by atoms with Crippen molar-refractivity contribution in [2.75, 3.05) is 33.9 Å². The van der Waals surface area contributed by atoms with Crippen molar-refractivity contribution in [3.63, 3.8) is 0 Å². The lowest BCUT2D eigenvalue weighted by molar-refractivity contribution is 0.157. The number of aryl methyl sites for hydroxylation is 1. The van der Waals surface area contributed by atoms with Gasteiger partial charge in [0.05, 0.1) is 19.3 Å². The van der Waals surface area contributed by atoms with E-state index in [1.54, 1.807) is 18.1 Å². The van der Waals surface area contributed by atoms with E-state index >= 15 is 0 Å². The van der Waals surface area contributed by atoms with Crippen molar-refractivity contribution in [3.8, 4) is 0 Å². The second-order valence-electron chi connectivity index (χ2n) is 4.78. The zero-order chi connectivity index (χ0) is 13.7. The topological polar surface area (TPSA) is 67.6 Å². The monoisotopic (exact) mass is 266 g/mol. The molecule has 7 heteroatoms. The van der Waals surface area contributed by atoms with Crippen LogP contribution in [0.5, 0.6) is 0 Å². The van der Waals surface area contributed by atoms with Gasteiger partial charge in [-0.25, -0.2) is 0 Å². The molecule has 1 atom stereocenters. The van der Waals surface area contributed by atoms with Crippen LogP contribution in [-0.4, -0.2) is 59.7 Å². The van der Waals surface area contributed by atoms with Crippen molar-refractivity contribution in [1.82, 2.24) is 25.2 Å². The molecule has 106 valence electrons. The molecule has 0 aromatic carbocycles. The summed E-state index contributed by atoms with van der Waals surface area (Å²) in [6, 6.07) is 0. The maximum atomic E-state index is 5.21. The number of aliphatic imine (C=N–C) groups is 1. The van der Waals surface area contributed by atoms with Crippen molar-refractivity contribution >= 4 is 5.96 Å². The van der Waals surface area contributed by atoms with Crippen molar-refractivity contribution < 1.29 is 4.74 Å². The number of ether oxygens (including phenoxy) is 1. The van der Waals surface area contributed by atoms with E-state index in [1.165, 1.54) is 0 Å². The average molecular weight is 266 g/mol. The summed E-state index contributed by atoms with van der Waals surface area (Å²) in [7, 11) is 5.38. The predicted octanol–water partition coefficient (Wildman–Crippen LogP) is -0.141. The first-order valence-corrected chi connectivity index (χ1v) is 6.52. The Morgan fingerprint density at radius 1 is 1.63 bits per heavy atom. The van der Waals surface area contributed by atoms with Crippen LogP contribution >= 0.6 is 0 Å². The van der Waals surface area contributed by atoms with Crippen LogP contribution in [0.2, 0.25) is 0 Å². The van der Waals surface area contributed by atoms with Crippen LogP contribution in [0.1, 0.15) is 12.1 Å². The van der Waals surface area contributed by atoms with E-state index < -0.39 is 0 Å². The number of aromatic nitrogens is 3. The molecule has 1 aromatic rings. The van der Waals surface area contributed by atoms with E-state index in [-0.39, 0.29) is 0 Å². The number of methoxy groups -OCH3 is 1.